The Balaban J connectivity index is 3.84. The summed E-state index contributed by atoms with van der Waals surface area (Å²) in [4.78, 5) is 0. The highest BCUT2D eigenvalue weighted by molar-refractivity contribution is 7.89. The normalized spacial score (nSPS) is 15.1. The summed E-state index contributed by atoms with van der Waals surface area (Å²) in [5.74, 6) is -0.187. The summed E-state index contributed by atoms with van der Waals surface area (Å²) < 4.78 is 59.9. The van der Waals surface area contributed by atoms with Gasteiger partial charge < -0.3 is 0 Å². The SMILES string of the molecule is CC(CCl)CS(=O)(=O)NCCCC(F)(F)F. The number of rotatable bonds is 7. The molecule has 0 saturated heterocycles. The Labute approximate surface area is 98.4 Å². The van der Waals surface area contributed by atoms with E-state index < -0.39 is 22.6 Å². The van der Waals surface area contributed by atoms with E-state index >= 15 is 0 Å². The molecule has 3 nitrogen and oxygen atoms in total. The fourth-order valence-corrected chi connectivity index (χ4v) is 2.67. The van der Waals surface area contributed by atoms with Crippen LogP contribution in [0.15, 0.2) is 0 Å². The predicted octanol–water partition coefficient (Wildman–Crippen LogP) is 2.12. The maximum atomic E-state index is 11.7. The highest BCUT2D eigenvalue weighted by atomic mass is 35.5. The minimum absolute atomic E-state index is 0.164. The third-order valence-electron chi connectivity index (χ3n) is 1.73. The topological polar surface area (TPSA) is 46.2 Å². The van der Waals surface area contributed by atoms with Crippen LogP contribution in [-0.4, -0.2) is 32.8 Å². The van der Waals surface area contributed by atoms with Crippen molar-refractivity contribution < 1.29 is 21.6 Å². The zero-order valence-corrected chi connectivity index (χ0v) is 10.4. The number of hydrogen-bond donors (Lipinski definition) is 1. The molecule has 1 N–H and O–H groups in total. The molecule has 0 aromatic carbocycles. The molecule has 0 radical (unpaired) electrons. The molecule has 0 amide bonds. The highest BCUT2D eigenvalue weighted by Crippen LogP contribution is 2.20. The second-order valence-electron chi connectivity index (χ2n) is 3.65. The molecular formula is C8H15ClF3NO2S. The van der Waals surface area contributed by atoms with Crippen LogP contribution in [0.5, 0.6) is 0 Å². The van der Waals surface area contributed by atoms with Crippen LogP contribution in [0.25, 0.3) is 0 Å². The third-order valence-corrected chi connectivity index (χ3v) is 3.90. The van der Waals surface area contributed by atoms with Crippen LogP contribution in [0.3, 0.4) is 0 Å². The van der Waals surface area contributed by atoms with Crippen LogP contribution in [0.1, 0.15) is 19.8 Å². The van der Waals surface area contributed by atoms with Gasteiger partial charge in [-0.3, -0.25) is 0 Å². The molecule has 8 heteroatoms. The lowest BCUT2D eigenvalue weighted by Gasteiger charge is -2.10. The first-order chi connectivity index (χ1) is 7.16. The van der Waals surface area contributed by atoms with Gasteiger partial charge in [0, 0.05) is 18.8 Å². The van der Waals surface area contributed by atoms with E-state index in [4.69, 9.17) is 11.6 Å². The first kappa shape index (κ1) is 16.0. The summed E-state index contributed by atoms with van der Waals surface area (Å²) in [6.07, 6.45) is -5.48. The molecule has 0 aliphatic rings. The largest absolute Gasteiger partial charge is 0.389 e. The van der Waals surface area contributed by atoms with E-state index in [1.54, 1.807) is 6.92 Å². The van der Waals surface area contributed by atoms with Crippen molar-refractivity contribution in [3.63, 3.8) is 0 Å². The molecule has 0 fully saturated rings. The van der Waals surface area contributed by atoms with Crippen LogP contribution in [-0.2, 0) is 10.0 Å². The van der Waals surface area contributed by atoms with Gasteiger partial charge in [-0.1, -0.05) is 6.92 Å². The van der Waals surface area contributed by atoms with Crippen LogP contribution in [0.2, 0.25) is 0 Å². The Kier molecular flexibility index (Phi) is 6.65. The number of alkyl halides is 4. The molecule has 0 spiro atoms. The summed E-state index contributed by atoms with van der Waals surface area (Å²) in [6, 6.07) is 0. The van der Waals surface area contributed by atoms with E-state index in [9.17, 15) is 21.6 Å². The molecule has 0 aromatic rings. The molecule has 0 saturated carbocycles. The quantitative estimate of drug-likeness (QED) is 0.574. The van der Waals surface area contributed by atoms with Crippen LogP contribution in [0, 0.1) is 5.92 Å². The molecule has 1 atom stereocenters. The monoisotopic (exact) mass is 281 g/mol. The van der Waals surface area contributed by atoms with E-state index in [0.717, 1.165) is 0 Å². The summed E-state index contributed by atoms with van der Waals surface area (Å²) in [6.45, 7) is 1.46. The average Bonchev–Trinajstić information content (AvgIpc) is 2.10. The lowest BCUT2D eigenvalue weighted by molar-refractivity contribution is -0.135. The van der Waals surface area contributed by atoms with Gasteiger partial charge >= 0.3 is 6.18 Å². The molecule has 0 aliphatic carbocycles. The van der Waals surface area contributed by atoms with Crippen molar-refractivity contribution in [2.75, 3.05) is 18.2 Å². The molecule has 0 rings (SSSR count). The minimum atomic E-state index is -4.24. The Morgan fingerprint density at radius 1 is 1.38 bits per heavy atom. The van der Waals surface area contributed by atoms with Gasteiger partial charge in [0.2, 0.25) is 10.0 Å². The van der Waals surface area contributed by atoms with Gasteiger partial charge in [-0.2, -0.15) is 13.2 Å². The van der Waals surface area contributed by atoms with Crippen LogP contribution < -0.4 is 4.72 Å². The maximum absolute atomic E-state index is 11.7. The molecular weight excluding hydrogens is 267 g/mol. The Morgan fingerprint density at radius 2 is 1.94 bits per heavy atom. The summed E-state index contributed by atoms with van der Waals surface area (Å²) in [5.41, 5.74) is 0. The van der Waals surface area contributed by atoms with E-state index in [1.165, 1.54) is 0 Å². The number of nitrogens with one attached hydrogen (secondary N) is 1. The molecule has 16 heavy (non-hydrogen) atoms. The molecule has 0 heterocycles. The molecule has 0 bridgehead atoms. The Hall–Kier alpha value is -0.0100. The number of hydrogen-bond acceptors (Lipinski definition) is 2. The third kappa shape index (κ3) is 9.23. The number of halogens is 4. The van der Waals surface area contributed by atoms with Gasteiger partial charge in [-0.15, -0.1) is 11.6 Å². The van der Waals surface area contributed by atoms with Crippen molar-refractivity contribution in [1.29, 1.82) is 0 Å². The lowest BCUT2D eigenvalue weighted by Crippen LogP contribution is -2.31. The summed E-state index contributed by atoms with van der Waals surface area (Å²) >= 11 is 5.44. The second-order valence-corrected chi connectivity index (χ2v) is 5.81. The smallest absolute Gasteiger partial charge is 0.215 e. The Morgan fingerprint density at radius 3 is 2.38 bits per heavy atom. The van der Waals surface area contributed by atoms with Gasteiger partial charge in [0.05, 0.1) is 5.75 Å². The fourth-order valence-electron chi connectivity index (χ4n) is 0.995. The van der Waals surface area contributed by atoms with Crippen molar-refractivity contribution in [2.45, 2.75) is 25.9 Å². The zero-order chi connectivity index (χ0) is 12.8. The maximum Gasteiger partial charge on any atom is 0.389 e. The fraction of sp³-hybridized carbons (Fsp3) is 1.00. The van der Waals surface area contributed by atoms with Crippen molar-refractivity contribution in [3.05, 3.63) is 0 Å². The second kappa shape index (κ2) is 6.66. The minimum Gasteiger partial charge on any atom is -0.215 e. The van der Waals surface area contributed by atoms with Crippen molar-refractivity contribution >= 4 is 21.6 Å². The number of sulfonamides is 1. The van der Waals surface area contributed by atoms with E-state index in [2.05, 4.69) is 4.72 Å². The van der Waals surface area contributed by atoms with Gasteiger partial charge in [-0.25, -0.2) is 13.1 Å². The van der Waals surface area contributed by atoms with Gasteiger partial charge in [-0.05, 0) is 12.3 Å². The standard InChI is InChI=1S/C8H15ClF3NO2S/c1-7(5-9)6-16(14,15)13-4-2-3-8(10,11)12/h7,13H,2-6H2,1H3. The van der Waals surface area contributed by atoms with Crippen molar-refractivity contribution in [3.8, 4) is 0 Å². The van der Waals surface area contributed by atoms with Gasteiger partial charge in [0.25, 0.3) is 0 Å². The van der Waals surface area contributed by atoms with Gasteiger partial charge in [0.1, 0.15) is 0 Å². The summed E-state index contributed by atoms with van der Waals surface area (Å²) in [7, 11) is -3.51. The molecule has 0 aromatic heterocycles. The van der Waals surface area contributed by atoms with Gasteiger partial charge in [0.15, 0.2) is 0 Å². The average molecular weight is 282 g/mol. The van der Waals surface area contributed by atoms with Crippen molar-refractivity contribution in [2.24, 2.45) is 5.92 Å². The zero-order valence-electron chi connectivity index (χ0n) is 8.85. The van der Waals surface area contributed by atoms with E-state index in [1.807, 2.05) is 0 Å². The first-order valence-electron chi connectivity index (χ1n) is 4.76. The van der Waals surface area contributed by atoms with Crippen LogP contribution >= 0.6 is 11.6 Å². The molecule has 1 unspecified atom stereocenters. The lowest BCUT2D eigenvalue weighted by atomic mass is 10.3. The summed E-state index contributed by atoms with van der Waals surface area (Å²) in [5, 5.41) is 0. The van der Waals surface area contributed by atoms with Crippen molar-refractivity contribution in [1.82, 2.24) is 4.72 Å². The van der Waals surface area contributed by atoms with E-state index in [0.29, 0.717) is 0 Å². The Bertz CT molecular complexity index is 292. The molecule has 0 aliphatic heterocycles. The highest BCUT2D eigenvalue weighted by Gasteiger charge is 2.26. The van der Waals surface area contributed by atoms with E-state index in [-0.39, 0.29) is 30.5 Å². The molecule has 98 valence electrons. The first-order valence-corrected chi connectivity index (χ1v) is 6.95. The van der Waals surface area contributed by atoms with Crippen LogP contribution in [0.4, 0.5) is 13.2 Å². The predicted molar refractivity (Wildman–Crippen MR) is 57.0 cm³/mol.